The third kappa shape index (κ3) is 7.85. The smallest absolute Gasteiger partial charge is 0.264 e. The van der Waals surface area contributed by atoms with E-state index < -0.39 is 0 Å². The summed E-state index contributed by atoms with van der Waals surface area (Å²) in [5, 5.41) is 3.51. The molecule has 0 unspecified atom stereocenters. The van der Waals surface area contributed by atoms with Gasteiger partial charge in [-0.2, -0.15) is 0 Å². The van der Waals surface area contributed by atoms with Crippen LogP contribution < -0.4 is 30.4 Å². The van der Waals surface area contributed by atoms with E-state index in [-0.39, 0.29) is 17.5 Å². The number of para-hydroxylation sites is 2. The van der Waals surface area contributed by atoms with Gasteiger partial charge in [0.1, 0.15) is 5.58 Å². The summed E-state index contributed by atoms with van der Waals surface area (Å²) in [6, 6.07) is 75.4. The van der Waals surface area contributed by atoms with Gasteiger partial charge < -0.3 is 19.1 Å². The van der Waals surface area contributed by atoms with Crippen molar-refractivity contribution < 1.29 is 4.42 Å². The molecular weight excluding hydrogens is 966 g/mol. The maximum atomic E-state index is 7.04. The first kappa shape index (κ1) is 48.3. The second-order valence-corrected chi connectivity index (χ2v) is 24.9. The predicted molar refractivity (Wildman–Crippen MR) is 336 cm³/mol. The summed E-state index contributed by atoms with van der Waals surface area (Å²) < 4.78 is 9.68. The lowest BCUT2D eigenvalue weighted by Crippen LogP contribution is -2.60. The van der Waals surface area contributed by atoms with E-state index in [9.17, 15) is 0 Å². The van der Waals surface area contributed by atoms with Gasteiger partial charge in [-0.25, -0.2) is 0 Å². The lowest BCUT2D eigenvalue weighted by molar-refractivity contribution is 0.590. The maximum absolute atomic E-state index is 7.04. The van der Waals surface area contributed by atoms with Crippen molar-refractivity contribution in [3.8, 4) is 22.3 Å². The molecule has 6 heteroatoms. The molecule has 0 radical (unpaired) electrons. The van der Waals surface area contributed by atoms with Crippen molar-refractivity contribution in [1.82, 2.24) is 0 Å². The molecule has 78 heavy (non-hydrogen) atoms. The topological polar surface area (TPSA) is 22.9 Å². The number of anilines is 8. The zero-order valence-electron chi connectivity index (χ0n) is 45.8. The van der Waals surface area contributed by atoms with Gasteiger partial charge in [-0.15, -0.1) is 11.3 Å². The minimum absolute atomic E-state index is 0.0171. The van der Waals surface area contributed by atoms with Crippen LogP contribution in [0.15, 0.2) is 216 Å². The SMILES string of the molecule is CCC1=C(N(c2ccc3c(c2)N(c2cccc4c2oc2ccccc24)c2cccc4c2B3c2sc3ccc(-c5ccccc5)cc3c2N4c2ccc(C(C)(C)C)cc2)c2ccc(C(C)(C)C)cc2-c2ccccc2)CCCC1. The second-order valence-electron chi connectivity index (χ2n) is 23.8. The van der Waals surface area contributed by atoms with Gasteiger partial charge in [0, 0.05) is 65.3 Å². The van der Waals surface area contributed by atoms with Crippen molar-refractivity contribution >= 4 is 111 Å². The van der Waals surface area contributed by atoms with E-state index in [1.165, 1.54) is 99.7 Å². The molecule has 14 rings (SSSR count). The summed E-state index contributed by atoms with van der Waals surface area (Å²) in [5.41, 5.74) is 24.3. The molecule has 4 nitrogen and oxygen atoms in total. The number of nitrogens with zero attached hydrogens (tertiary/aromatic N) is 3. The molecule has 0 amide bonds. The normalized spacial score (nSPS) is 14.3. The fourth-order valence-electron chi connectivity index (χ4n) is 13.0. The summed E-state index contributed by atoms with van der Waals surface area (Å²) in [6.45, 7) is 16.2. The average Bonchev–Trinajstić information content (AvgIpc) is 4.21. The number of furan rings is 1. The number of fused-ring (bicyclic) bond motifs is 9. The molecule has 0 N–H and O–H groups in total. The Hall–Kier alpha value is -8.06. The first-order valence-electron chi connectivity index (χ1n) is 28.1. The minimum Gasteiger partial charge on any atom is -0.454 e. The Morgan fingerprint density at radius 3 is 1.96 bits per heavy atom. The van der Waals surface area contributed by atoms with Crippen molar-refractivity contribution in [1.29, 1.82) is 0 Å². The molecule has 0 bridgehead atoms. The fraction of sp³-hybridized carbons (Fsp3) is 0.194. The van der Waals surface area contributed by atoms with Crippen LogP contribution in [0.1, 0.15) is 91.7 Å². The first-order chi connectivity index (χ1) is 37.9. The zero-order valence-corrected chi connectivity index (χ0v) is 46.6. The largest absolute Gasteiger partial charge is 0.454 e. The van der Waals surface area contributed by atoms with Crippen molar-refractivity contribution in [2.75, 3.05) is 14.7 Å². The Balaban J connectivity index is 1.07. The Labute approximate surface area is 464 Å². The summed E-state index contributed by atoms with van der Waals surface area (Å²) in [4.78, 5) is 7.80. The van der Waals surface area contributed by atoms with Crippen molar-refractivity contribution in [2.45, 2.75) is 91.4 Å². The summed E-state index contributed by atoms with van der Waals surface area (Å²) >= 11 is 1.95. The van der Waals surface area contributed by atoms with Gasteiger partial charge in [-0.1, -0.05) is 181 Å². The number of rotatable bonds is 8. The van der Waals surface area contributed by atoms with Crippen LogP contribution in [0.25, 0.3) is 54.3 Å². The van der Waals surface area contributed by atoms with Crippen molar-refractivity contribution in [3.63, 3.8) is 0 Å². The summed E-state index contributed by atoms with van der Waals surface area (Å²) in [7, 11) is 0. The third-order valence-electron chi connectivity index (χ3n) is 17.0. The molecule has 2 aliphatic heterocycles. The van der Waals surface area contributed by atoms with Crippen molar-refractivity contribution in [2.24, 2.45) is 0 Å². The van der Waals surface area contributed by atoms with Gasteiger partial charge in [0.05, 0.1) is 17.1 Å². The third-order valence-corrected chi connectivity index (χ3v) is 18.2. The maximum Gasteiger partial charge on any atom is 0.264 e. The van der Waals surface area contributed by atoms with E-state index in [4.69, 9.17) is 4.42 Å². The molecular formula is C72H64BN3OS. The Kier molecular flexibility index (Phi) is 11.5. The number of hydrogen-bond donors (Lipinski definition) is 0. The second kappa shape index (κ2) is 18.6. The van der Waals surface area contributed by atoms with Crippen LogP contribution in [0.4, 0.5) is 45.5 Å². The van der Waals surface area contributed by atoms with E-state index in [0.717, 1.165) is 64.7 Å². The van der Waals surface area contributed by atoms with Crippen LogP contribution in [0.2, 0.25) is 0 Å². The van der Waals surface area contributed by atoms with Gasteiger partial charge in [-0.05, 0) is 154 Å². The number of allylic oxidation sites excluding steroid dienone is 2. The highest BCUT2D eigenvalue weighted by atomic mass is 32.1. The fourth-order valence-corrected chi connectivity index (χ4v) is 14.3. The van der Waals surface area contributed by atoms with E-state index in [2.05, 4.69) is 263 Å². The highest BCUT2D eigenvalue weighted by molar-refractivity contribution is 7.33. The van der Waals surface area contributed by atoms with E-state index in [1.807, 2.05) is 11.3 Å². The summed E-state index contributed by atoms with van der Waals surface area (Å²) in [5.74, 6) is 0. The number of benzene rings is 9. The molecule has 3 aliphatic rings. The number of hydrogen-bond acceptors (Lipinski definition) is 5. The van der Waals surface area contributed by atoms with Crippen LogP contribution in [-0.2, 0) is 10.8 Å². The van der Waals surface area contributed by atoms with E-state index >= 15 is 0 Å². The molecule has 0 saturated carbocycles. The molecule has 0 spiro atoms. The quantitative estimate of drug-likeness (QED) is 0.142. The molecule has 0 saturated heterocycles. The lowest BCUT2D eigenvalue weighted by atomic mass is 9.36. The highest BCUT2D eigenvalue weighted by Gasteiger charge is 2.46. The zero-order chi connectivity index (χ0) is 53.0. The molecule has 2 aromatic heterocycles. The van der Waals surface area contributed by atoms with Crippen LogP contribution in [0.5, 0.6) is 0 Å². The standard InChI is InChI=1S/C72H64BN3OS/c1-8-46-21-15-17-28-59(46)74(60-41-36-51(72(5,6)7)44-56(60)48-24-13-10-14-25-48)53-39-40-58-64(45-53)76(63-31-19-27-55-54-26-16-18-32-65(54)77-69(55)63)62-30-20-29-61-67(62)73(58)70-68(75(61)52-37-34-50(35-38-52)71(2,3)4)57-43-49(33-42-66(57)78-70)47-22-11-9-12-23-47/h9-14,16,18-20,22-27,29-45H,8,15,17,21,28H2,1-7H3. The predicted octanol–water partition coefficient (Wildman–Crippen LogP) is 19.2. The highest BCUT2D eigenvalue weighted by Crippen LogP contribution is 2.52. The lowest BCUT2D eigenvalue weighted by Gasteiger charge is -2.43. The molecule has 0 atom stereocenters. The van der Waals surface area contributed by atoms with Gasteiger partial charge in [0.15, 0.2) is 5.58 Å². The Bertz CT molecular complexity index is 4170. The average molecular weight is 1030 g/mol. The molecule has 11 aromatic rings. The Morgan fingerprint density at radius 2 is 1.21 bits per heavy atom. The van der Waals surface area contributed by atoms with Crippen LogP contribution in [0, 0.1) is 0 Å². The molecule has 0 fully saturated rings. The van der Waals surface area contributed by atoms with Crippen LogP contribution in [0.3, 0.4) is 0 Å². The van der Waals surface area contributed by atoms with Gasteiger partial charge in [0.25, 0.3) is 6.71 Å². The monoisotopic (exact) mass is 1030 g/mol. The van der Waals surface area contributed by atoms with Gasteiger partial charge in [0.2, 0.25) is 0 Å². The molecule has 1 aliphatic carbocycles. The summed E-state index contributed by atoms with van der Waals surface area (Å²) in [6.07, 6.45) is 5.54. The van der Waals surface area contributed by atoms with Crippen LogP contribution >= 0.6 is 11.3 Å². The van der Waals surface area contributed by atoms with Gasteiger partial charge >= 0.3 is 0 Å². The van der Waals surface area contributed by atoms with Gasteiger partial charge in [-0.3, -0.25) is 0 Å². The first-order valence-corrected chi connectivity index (χ1v) is 29.0. The van der Waals surface area contributed by atoms with E-state index in [1.54, 1.807) is 5.57 Å². The minimum atomic E-state index is -0.0523. The van der Waals surface area contributed by atoms with E-state index in [0.29, 0.717) is 0 Å². The molecule has 9 aromatic carbocycles. The van der Waals surface area contributed by atoms with Crippen molar-refractivity contribution in [3.05, 3.63) is 223 Å². The molecule has 382 valence electrons. The van der Waals surface area contributed by atoms with Crippen LogP contribution in [-0.4, -0.2) is 6.71 Å². The molecule has 4 heterocycles. The number of thiophene rings is 1. The Morgan fingerprint density at radius 1 is 0.538 bits per heavy atom.